The van der Waals surface area contributed by atoms with Gasteiger partial charge >= 0.3 is 0 Å². The zero-order valence-electron chi connectivity index (χ0n) is 5.58. The molecule has 0 saturated carbocycles. The highest BCUT2D eigenvalue weighted by molar-refractivity contribution is 6.05. The molecule has 0 aromatic heterocycles. The molecule has 4 heteroatoms. The van der Waals surface area contributed by atoms with Crippen molar-refractivity contribution in [3.8, 4) is 0 Å². The monoisotopic (exact) mass is 141 g/mol. The number of alkyl halides is 1. The van der Waals surface area contributed by atoms with Crippen molar-refractivity contribution >= 4 is 12.1 Å². The summed E-state index contributed by atoms with van der Waals surface area (Å²) in [6, 6.07) is 0. The van der Waals surface area contributed by atoms with Crippen LogP contribution in [0.15, 0.2) is 21.7 Å². The SMILES string of the molecule is CC1=CC(F)C=N/C1=N\N. The highest BCUT2D eigenvalue weighted by Crippen LogP contribution is 2.06. The van der Waals surface area contributed by atoms with Crippen molar-refractivity contribution < 1.29 is 4.39 Å². The second-order valence-corrected chi connectivity index (χ2v) is 2.02. The maximum absolute atomic E-state index is 12.4. The molecule has 0 saturated heterocycles. The average Bonchev–Trinajstić information content (AvgIpc) is 1.88. The molecule has 1 rings (SSSR count). The fraction of sp³-hybridized carbons (Fsp3) is 0.333. The van der Waals surface area contributed by atoms with Crippen LogP contribution in [0.3, 0.4) is 0 Å². The van der Waals surface area contributed by atoms with E-state index in [2.05, 4.69) is 10.1 Å². The molecule has 0 amide bonds. The third-order valence-electron chi connectivity index (χ3n) is 1.22. The molecule has 0 aliphatic carbocycles. The van der Waals surface area contributed by atoms with Gasteiger partial charge in [0, 0.05) is 6.21 Å². The maximum Gasteiger partial charge on any atom is 0.173 e. The first-order valence-corrected chi connectivity index (χ1v) is 2.89. The van der Waals surface area contributed by atoms with E-state index in [-0.39, 0.29) is 0 Å². The van der Waals surface area contributed by atoms with Crippen LogP contribution in [-0.4, -0.2) is 18.2 Å². The molecule has 1 aliphatic rings. The van der Waals surface area contributed by atoms with E-state index in [0.717, 1.165) is 0 Å². The van der Waals surface area contributed by atoms with Crippen molar-refractivity contribution in [3.05, 3.63) is 11.6 Å². The third kappa shape index (κ3) is 1.21. The molecule has 0 aromatic carbocycles. The van der Waals surface area contributed by atoms with Crippen LogP contribution in [0.25, 0.3) is 0 Å². The maximum atomic E-state index is 12.4. The Balaban J connectivity index is 2.86. The van der Waals surface area contributed by atoms with Crippen LogP contribution in [0.4, 0.5) is 4.39 Å². The first-order valence-electron chi connectivity index (χ1n) is 2.89. The van der Waals surface area contributed by atoms with Crippen LogP contribution in [0.1, 0.15) is 6.92 Å². The largest absolute Gasteiger partial charge is 0.321 e. The number of nitrogens with two attached hydrogens (primary N) is 1. The van der Waals surface area contributed by atoms with Crippen LogP contribution in [0.5, 0.6) is 0 Å². The minimum atomic E-state index is -1.09. The van der Waals surface area contributed by atoms with Crippen LogP contribution >= 0.6 is 0 Å². The second kappa shape index (κ2) is 2.60. The van der Waals surface area contributed by atoms with Gasteiger partial charge in [0.25, 0.3) is 0 Å². The lowest BCUT2D eigenvalue weighted by atomic mass is 10.2. The van der Waals surface area contributed by atoms with Crippen molar-refractivity contribution in [1.29, 1.82) is 0 Å². The van der Waals surface area contributed by atoms with Crippen molar-refractivity contribution in [2.75, 3.05) is 0 Å². The van der Waals surface area contributed by atoms with E-state index in [1.807, 2.05) is 0 Å². The van der Waals surface area contributed by atoms with Gasteiger partial charge in [0.15, 0.2) is 12.0 Å². The molecule has 2 N–H and O–H groups in total. The molecule has 1 unspecified atom stereocenters. The number of hydrogen-bond acceptors (Lipinski definition) is 2. The summed E-state index contributed by atoms with van der Waals surface area (Å²) in [6.45, 7) is 1.72. The van der Waals surface area contributed by atoms with Crippen LogP contribution in [-0.2, 0) is 0 Å². The minimum absolute atomic E-state index is 0.397. The van der Waals surface area contributed by atoms with Crippen LogP contribution in [0.2, 0.25) is 0 Å². The van der Waals surface area contributed by atoms with Gasteiger partial charge in [0.2, 0.25) is 0 Å². The molecule has 0 spiro atoms. The number of aliphatic imine (C=N–C) groups is 1. The molecule has 0 aromatic rings. The molecule has 54 valence electrons. The number of rotatable bonds is 0. The summed E-state index contributed by atoms with van der Waals surface area (Å²) in [6.07, 6.45) is 1.49. The van der Waals surface area contributed by atoms with E-state index in [1.165, 1.54) is 12.3 Å². The lowest BCUT2D eigenvalue weighted by Gasteiger charge is -2.05. The number of amidine groups is 1. The van der Waals surface area contributed by atoms with Gasteiger partial charge < -0.3 is 5.84 Å². The number of hydrazone groups is 1. The predicted molar refractivity (Wildman–Crippen MR) is 38.8 cm³/mol. The predicted octanol–water partition coefficient (Wildman–Crippen LogP) is 0.627. The Bertz CT molecular complexity index is 217. The highest BCUT2D eigenvalue weighted by Gasteiger charge is 2.09. The van der Waals surface area contributed by atoms with Crippen LogP contribution in [0, 0.1) is 0 Å². The fourth-order valence-corrected chi connectivity index (χ4v) is 0.735. The lowest BCUT2D eigenvalue weighted by molar-refractivity contribution is 0.497. The molecule has 1 atom stereocenters. The van der Waals surface area contributed by atoms with Crippen molar-refractivity contribution in [3.63, 3.8) is 0 Å². The lowest BCUT2D eigenvalue weighted by Crippen LogP contribution is -2.12. The Labute approximate surface area is 58.1 Å². The van der Waals surface area contributed by atoms with Crippen LogP contribution < -0.4 is 5.84 Å². The average molecular weight is 141 g/mol. The van der Waals surface area contributed by atoms with Gasteiger partial charge in [0.1, 0.15) is 0 Å². The van der Waals surface area contributed by atoms with E-state index in [0.29, 0.717) is 11.4 Å². The fourth-order valence-electron chi connectivity index (χ4n) is 0.735. The molecule has 0 radical (unpaired) electrons. The standard InChI is InChI=1S/C6H8FN3/c1-4-2-5(7)3-9-6(4)10-8/h2-3,5H,8H2,1H3/b10-6-. The number of nitrogens with zero attached hydrogens (tertiary/aromatic N) is 2. The van der Waals surface area contributed by atoms with Gasteiger partial charge in [-0.3, -0.25) is 0 Å². The Hall–Kier alpha value is -1.19. The van der Waals surface area contributed by atoms with E-state index in [1.54, 1.807) is 6.92 Å². The van der Waals surface area contributed by atoms with Gasteiger partial charge in [-0.15, -0.1) is 0 Å². The van der Waals surface area contributed by atoms with Gasteiger partial charge in [-0.05, 0) is 18.6 Å². The zero-order valence-corrected chi connectivity index (χ0v) is 5.58. The van der Waals surface area contributed by atoms with Gasteiger partial charge in [0.05, 0.1) is 0 Å². The summed E-state index contributed by atoms with van der Waals surface area (Å²) in [7, 11) is 0. The topological polar surface area (TPSA) is 50.7 Å². The van der Waals surface area contributed by atoms with E-state index in [9.17, 15) is 4.39 Å². The van der Waals surface area contributed by atoms with E-state index >= 15 is 0 Å². The smallest absolute Gasteiger partial charge is 0.173 e. The normalized spacial score (nSPS) is 28.8. The molecule has 0 bridgehead atoms. The quantitative estimate of drug-likeness (QED) is 0.390. The summed E-state index contributed by atoms with van der Waals surface area (Å²) in [5, 5.41) is 3.35. The van der Waals surface area contributed by atoms with E-state index in [4.69, 9.17) is 5.84 Å². The molecular weight excluding hydrogens is 133 g/mol. The number of allylic oxidation sites excluding steroid dienone is 1. The number of dihydropyridines is 1. The molecule has 3 nitrogen and oxygen atoms in total. The first kappa shape index (κ1) is 6.92. The number of halogens is 1. The van der Waals surface area contributed by atoms with Gasteiger partial charge in [-0.1, -0.05) is 0 Å². The Morgan fingerprint density at radius 3 is 3.00 bits per heavy atom. The highest BCUT2D eigenvalue weighted by atomic mass is 19.1. The Morgan fingerprint density at radius 1 is 1.80 bits per heavy atom. The van der Waals surface area contributed by atoms with Crippen molar-refractivity contribution in [2.24, 2.45) is 15.9 Å². The Kier molecular flexibility index (Phi) is 1.80. The second-order valence-electron chi connectivity index (χ2n) is 2.02. The van der Waals surface area contributed by atoms with E-state index < -0.39 is 6.17 Å². The van der Waals surface area contributed by atoms with Gasteiger partial charge in [-0.25, -0.2) is 9.38 Å². The summed E-state index contributed by atoms with van der Waals surface area (Å²) in [4.78, 5) is 3.67. The summed E-state index contributed by atoms with van der Waals surface area (Å²) in [5.74, 6) is 5.35. The zero-order chi connectivity index (χ0) is 7.56. The Morgan fingerprint density at radius 2 is 2.50 bits per heavy atom. The molecular formula is C6H8FN3. The molecule has 1 heterocycles. The summed E-state index contributed by atoms with van der Waals surface area (Å²) >= 11 is 0. The van der Waals surface area contributed by atoms with Crippen molar-refractivity contribution in [2.45, 2.75) is 13.1 Å². The first-order chi connectivity index (χ1) is 4.74. The third-order valence-corrected chi connectivity index (χ3v) is 1.22. The minimum Gasteiger partial charge on any atom is -0.321 e. The molecule has 10 heavy (non-hydrogen) atoms. The number of hydrogen-bond donors (Lipinski definition) is 1. The molecule has 1 aliphatic heterocycles. The summed E-state index contributed by atoms with van der Waals surface area (Å²) < 4.78 is 12.4. The van der Waals surface area contributed by atoms with Crippen molar-refractivity contribution in [1.82, 2.24) is 0 Å². The summed E-state index contributed by atoms with van der Waals surface area (Å²) in [5.41, 5.74) is 0.678. The molecule has 0 fully saturated rings. The van der Waals surface area contributed by atoms with Gasteiger partial charge in [-0.2, -0.15) is 5.10 Å².